The number of carboxylic acid groups (broad SMARTS) is 1. The fraction of sp³-hybridized carbons (Fsp3) is 0.533. The van der Waals surface area contributed by atoms with E-state index >= 15 is 0 Å². The molecule has 3 heterocycles. The normalized spacial score (nSPS) is 32.8. The summed E-state index contributed by atoms with van der Waals surface area (Å²) in [6.07, 6.45) is 2.52. The molecule has 6 unspecified atom stereocenters. The van der Waals surface area contributed by atoms with Gasteiger partial charge in [-0.2, -0.15) is 0 Å². The molecule has 2 bridgehead atoms. The maximum Gasteiger partial charge on any atom is 0.303 e. The van der Waals surface area contributed by atoms with Crippen LogP contribution < -0.4 is 20.1 Å². The zero-order valence-corrected chi connectivity index (χ0v) is 22.1. The number of rotatable bonds is 8. The summed E-state index contributed by atoms with van der Waals surface area (Å²) in [4.78, 5) is 25.1. The molecular formula is C30H35N3O6. The molecule has 5 aliphatic rings. The fourth-order valence-corrected chi connectivity index (χ4v) is 8.51. The quantitative estimate of drug-likeness (QED) is 0.382. The van der Waals surface area contributed by atoms with Gasteiger partial charge in [0.15, 0.2) is 11.5 Å². The van der Waals surface area contributed by atoms with E-state index in [1.165, 1.54) is 11.1 Å². The van der Waals surface area contributed by atoms with Crippen molar-refractivity contribution in [3.63, 3.8) is 0 Å². The number of hydrogen-bond donors (Lipinski definition) is 4. The SMILES string of the molecule is COc1ccc2c3c1OC1C4Nc5ccccc5C4CC4(O)C(C2)N(CCCNC(=O)CCC(=O)O)CCC314. The lowest BCUT2D eigenvalue weighted by molar-refractivity contribution is -0.190. The molecular weight excluding hydrogens is 498 g/mol. The number of aliphatic carboxylic acids is 1. The summed E-state index contributed by atoms with van der Waals surface area (Å²) in [7, 11) is 1.68. The highest BCUT2D eigenvalue weighted by Gasteiger charge is 2.75. The highest BCUT2D eigenvalue weighted by Crippen LogP contribution is 2.68. The Morgan fingerprint density at radius 1 is 1.23 bits per heavy atom. The molecule has 6 atom stereocenters. The number of nitrogens with one attached hydrogen (secondary N) is 2. The average Bonchev–Trinajstić information content (AvgIpc) is 3.46. The Labute approximate surface area is 227 Å². The van der Waals surface area contributed by atoms with Crippen molar-refractivity contribution in [2.24, 2.45) is 0 Å². The van der Waals surface area contributed by atoms with E-state index in [2.05, 4.69) is 45.9 Å². The van der Waals surface area contributed by atoms with Gasteiger partial charge in [0.25, 0.3) is 0 Å². The summed E-state index contributed by atoms with van der Waals surface area (Å²) in [5.74, 6) is 0.461. The van der Waals surface area contributed by atoms with E-state index in [1.54, 1.807) is 7.11 Å². The third-order valence-corrected chi connectivity index (χ3v) is 10.1. The van der Waals surface area contributed by atoms with Gasteiger partial charge in [0.1, 0.15) is 6.10 Å². The average molecular weight is 534 g/mol. The van der Waals surface area contributed by atoms with Gasteiger partial charge in [-0.3, -0.25) is 14.5 Å². The highest BCUT2D eigenvalue weighted by atomic mass is 16.5. The molecule has 2 aromatic rings. The van der Waals surface area contributed by atoms with Crippen LogP contribution in [0.25, 0.3) is 0 Å². The summed E-state index contributed by atoms with van der Waals surface area (Å²) in [5.41, 5.74) is 3.24. The van der Waals surface area contributed by atoms with Gasteiger partial charge >= 0.3 is 5.97 Å². The van der Waals surface area contributed by atoms with Crippen molar-refractivity contribution >= 4 is 17.6 Å². The number of amides is 1. The number of piperidine rings is 1. The van der Waals surface area contributed by atoms with E-state index in [9.17, 15) is 14.7 Å². The van der Waals surface area contributed by atoms with Crippen molar-refractivity contribution in [1.29, 1.82) is 0 Å². The van der Waals surface area contributed by atoms with Crippen LogP contribution in [0.2, 0.25) is 0 Å². The molecule has 9 heteroatoms. The summed E-state index contributed by atoms with van der Waals surface area (Å²) in [5, 5.41) is 28.4. The molecule has 2 fully saturated rings. The maximum absolute atomic E-state index is 13.0. The lowest BCUT2D eigenvalue weighted by Crippen LogP contribution is -2.78. The Morgan fingerprint density at radius 2 is 2.08 bits per heavy atom. The molecule has 4 N–H and O–H groups in total. The van der Waals surface area contributed by atoms with Crippen molar-refractivity contribution in [1.82, 2.24) is 10.2 Å². The number of anilines is 1. The van der Waals surface area contributed by atoms with Crippen LogP contribution in [0.5, 0.6) is 11.5 Å². The molecule has 3 aliphatic heterocycles. The number of methoxy groups -OCH3 is 1. The maximum atomic E-state index is 13.0. The van der Waals surface area contributed by atoms with Crippen LogP contribution in [0.15, 0.2) is 36.4 Å². The number of hydrogen-bond acceptors (Lipinski definition) is 7. The zero-order chi connectivity index (χ0) is 26.9. The van der Waals surface area contributed by atoms with Gasteiger partial charge in [-0.05, 0) is 55.5 Å². The molecule has 206 valence electrons. The molecule has 0 aromatic heterocycles. The first kappa shape index (κ1) is 24.7. The van der Waals surface area contributed by atoms with E-state index < -0.39 is 17.0 Å². The predicted octanol–water partition coefficient (Wildman–Crippen LogP) is 2.41. The van der Waals surface area contributed by atoms with Crippen molar-refractivity contribution < 1.29 is 29.3 Å². The summed E-state index contributed by atoms with van der Waals surface area (Å²) in [6.45, 7) is 2.06. The van der Waals surface area contributed by atoms with E-state index in [0.717, 1.165) is 55.1 Å². The smallest absolute Gasteiger partial charge is 0.303 e. The zero-order valence-electron chi connectivity index (χ0n) is 22.1. The van der Waals surface area contributed by atoms with Crippen LogP contribution in [-0.4, -0.2) is 77.5 Å². The Hall–Kier alpha value is -3.30. The van der Waals surface area contributed by atoms with Crippen molar-refractivity contribution in [2.75, 3.05) is 32.1 Å². The van der Waals surface area contributed by atoms with Crippen molar-refractivity contribution in [3.05, 3.63) is 53.1 Å². The van der Waals surface area contributed by atoms with Gasteiger partial charge in [0.05, 0.1) is 30.6 Å². The first-order valence-electron chi connectivity index (χ1n) is 14.0. The van der Waals surface area contributed by atoms with E-state index in [4.69, 9.17) is 14.6 Å². The van der Waals surface area contributed by atoms with Gasteiger partial charge in [0.2, 0.25) is 5.91 Å². The van der Waals surface area contributed by atoms with Gasteiger partial charge in [-0.1, -0.05) is 24.3 Å². The second-order valence-electron chi connectivity index (χ2n) is 11.7. The molecule has 2 aliphatic carbocycles. The van der Waals surface area contributed by atoms with Crippen LogP contribution in [-0.2, 0) is 21.4 Å². The highest BCUT2D eigenvalue weighted by molar-refractivity contribution is 5.80. The Balaban J connectivity index is 1.20. The van der Waals surface area contributed by atoms with Gasteiger partial charge in [-0.15, -0.1) is 0 Å². The Morgan fingerprint density at radius 3 is 2.90 bits per heavy atom. The molecule has 1 spiro atoms. The second-order valence-corrected chi connectivity index (χ2v) is 11.7. The molecule has 7 rings (SSSR count). The standard InChI is InChI=1S/C30H35N3O6/c1-38-21-8-7-17-15-22-30(37)16-19-18-5-2-3-6-20(18)32-26(19)28-29(30,25(17)27(21)39-28)11-14-33(22)13-4-12-31-23(34)9-10-24(35)36/h2-3,5-8,19,22,26,28,32,37H,4,9-16H2,1H3,(H,31,34)(H,35,36). The van der Waals surface area contributed by atoms with Crippen LogP contribution in [0, 0.1) is 0 Å². The number of likely N-dealkylation sites (tertiary alicyclic amines) is 1. The lowest BCUT2D eigenvalue weighted by Gasteiger charge is -2.65. The third kappa shape index (κ3) is 3.38. The minimum absolute atomic E-state index is 0.00796. The first-order valence-corrected chi connectivity index (χ1v) is 14.0. The fourth-order valence-electron chi connectivity index (χ4n) is 8.51. The van der Waals surface area contributed by atoms with E-state index in [0.29, 0.717) is 13.0 Å². The molecule has 1 saturated heterocycles. The van der Waals surface area contributed by atoms with Crippen LogP contribution in [0.1, 0.15) is 54.7 Å². The van der Waals surface area contributed by atoms with E-state index in [1.807, 2.05) is 6.07 Å². The summed E-state index contributed by atoms with van der Waals surface area (Å²) >= 11 is 0. The Bertz CT molecular complexity index is 1350. The monoisotopic (exact) mass is 533 g/mol. The number of aliphatic hydroxyl groups is 1. The minimum atomic E-state index is -0.981. The second kappa shape index (κ2) is 8.86. The number of carboxylic acids is 1. The number of fused-ring (bicyclic) bond motifs is 4. The van der Waals surface area contributed by atoms with Crippen LogP contribution >= 0.6 is 0 Å². The van der Waals surface area contributed by atoms with Gasteiger partial charge in [-0.25, -0.2) is 0 Å². The summed E-state index contributed by atoms with van der Waals surface area (Å²) < 4.78 is 12.6. The first-order chi connectivity index (χ1) is 18.9. The molecule has 39 heavy (non-hydrogen) atoms. The van der Waals surface area contributed by atoms with Crippen molar-refractivity contribution in [3.8, 4) is 11.5 Å². The number of para-hydroxylation sites is 1. The van der Waals surface area contributed by atoms with Crippen LogP contribution in [0.3, 0.4) is 0 Å². The number of carbonyl (C=O) groups excluding carboxylic acids is 1. The number of carbonyl (C=O) groups is 2. The molecule has 0 radical (unpaired) electrons. The molecule has 1 amide bonds. The lowest BCUT2D eigenvalue weighted by atomic mass is 9.46. The minimum Gasteiger partial charge on any atom is -0.493 e. The van der Waals surface area contributed by atoms with Crippen LogP contribution in [0.4, 0.5) is 5.69 Å². The topological polar surface area (TPSA) is 120 Å². The van der Waals surface area contributed by atoms with Crippen molar-refractivity contribution in [2.45, 2.75) is 73.6 Å². The van der Waals surface area contributed by atoms with E-state index in [-0.39, 0.29) is 42.9 Å². The van der Waals surface area contributed by atoms with Gasteiger partial charge < -0.3 is 30.3 Å². The largest absolute Gasteiger partial charge is 0.493 e. The predicted molar refractivity (Wildman–Crippen MR) is 143 cm³/mol. The molecule has 2 aromatic carbocycles. The number of benzene rings is 2. The molecule has 9 nitrogen and oxygen atoms in total. The Kier molecular flexibility index (Phi) is 5.61. The molecule has 1 saturated carbocycles. The number of ether oxygens (including phenoxy) is 2. The van der Waals surface area contributed by atoms with Gasteiger partial charge in [0, 0.05) is 42.7 Å². The third-order valence-electron chi connectivity index (χ3n) is 10.1. The number of nitrogens with zero attached hydrogens (tertiary/aromatic N) is 1. The summed E-state index contributed by atoms with van der Waals surface area (Å²) in [6, 6.07) is 12.6.